The molecule has 24 heavy (non-hydrogen) atoms. The van der Waals surface area contributed by atoms with Crippen LogP contribution in [0.15, 0.2) is 52.9 Å². The van der Waals surface area contributed by atoms with E-state index in [9.17, 15) is 5.11 Å². The lowest BCUT2D eigenvalue weighted by Gasteiger charge is -2.28. The van der Waals surface area contributed by atoms with E-state index in [0.29, 0.717) is 5.58 Å². The molecule has 0 saturated carbocycles. The molecule has 0 amide bonds. The third-order valence-electron chi connectivity index (χ3n) is 4.91. The molecule has 0 aliphatic heterocycles. The summed E-state index contributed by atoms with van der Waals surface area (Å²) in [5, 5.41) is 10.5. The fourth-order valence-electron chi connectivity index (χ4n) is 3.07. The van der Waals surface area contributed by atoms with Crippen LogP contribution in [-0.4, -0.2) is 13.4 Å². The minimum atomic E-state index is -1.64. The predicted molar refractivity (Wildman–Crippen MR) is 101 cm³/mol. The molecule has 3 aromatic rings. The quantitative estimate of drug-likeness (QED) is 0.544. The van der Waals surface area contributed by atoms with Gasteiger partial charge in [-0.1, -0.05) is 20.8 Å². The molecule has 3 nitrogen and oxygen atoms in total. The van der Waals surface area contributed by atoms with Gasteiger partial charge in [0.2, 0.25) is 8.32 Å². The van der Waals surface area contributed by atoms with Crippen LogP contribution in [0.1, 0.15) is 20.8 Å². The van der Waals surface area contributed by atoms with Crippen LogP contribution in [0.25, 0.3) is 22.3 Å². The van der Waals surface area contributed by atoms with E-state index in [2.05, 4.69) is 20.8 Å². The molecule has 0 radical (unpaired) electrons. The van der Waals surface area contributed by atoms with Gasteiger partial charge in [-0.25, -0.2) is 0 Å². The number of rotatable bonds is 6. The molecule has 4 heteroatoms. The summed E-state index contributed by atoms with van der Waals surface area (Å²) in [6.07, 6.45) is 0. The zero-order valence-electron chi connectivity index (χ0n) is 14.5. The maximum absolute atomic E-state index is 9.55. The van der Waals surface area contributed by atoms with E-state index in [4.69, 9.17) is 8.84 Å². The summed E-state index contributed by atoms with van der Waals surface area (Å²) in [5.74, 6) is 1.96. The first kappa shape index (κ1) is 16.6. The Labute approximate surface area is 144 Å². The summed E-state index contributed by atoms with van der Waals surface area (Å²) >= 11 is 0. The van der Waals surface area contributed by atoms with Gasteiger partial charge in [-0.15, -0.1) is 0 Å². The van der Waals surface area contributed by atoms with E-state index in [0.717, 1.165) is 40.6 Å². The maximum Gasteiger partial charge on any atom is 0.250 e. The van der Waals surface area contributed by atoms with Crippen LogP contribution in [0, 0.1) is 0 Å². The summed E-state index contributed by atoms with van der Waals surface area (Å²) < 4.78 is 12.2. The lowest BCUT2D eigenvalue weighted by atomic mass is 10.1. The smallest absolute Gasteiger partial charge is 0.250 e. The van der Waals surface area contributed by atoms with Crippen LogP contribution in [-0.2, 0) is 0 Å². The Kier molecular flexibility index (Phi) is 4.67. The first-order valence-electron chi connectivity index (χ1n) is 8.61. The third kappa shape index (κ3) is 3.19. The van der Waals surface area contributed by atoms with Crippen molar-refractivity contribution in [1.29, 1.82) is 0 Å². The van der Waals surface area contributed by atoms with Crippen molar-refractivity contribution < 1.29 is 13.9 Å². The van der Waals surface area contributed by atoms with Crippen molar-refractivity contribution in [1.82, 2.24) is 0 Å². The number of furan rings is 1. The third-order valence-corrected chi connectivity index (χ3v) is 9.44. The Balaban J connectivity index is 1.85. The van der Waals surface area contributed by atoms with Crippen LogP contribution < -0.4 is 4.43 Å². The van der Waals surface area contributed by atoms with Crippen molar-refractivity contribution in [2.75, 3.05) is 0 Å². The number of fused-ring (bicyclic) bond motifs is 1. The highest BCUT2D eigenvalue weighted by Crippen LogP contribution is 2.32. The van der Waals surface area contributed by atoms with Gasteiger partial charge >= 0.3 is 0 Å². The fraction of sp³-hybridized carbons (Fsp3) is 0.300. The number of hydrogen-bond acceptors (Lipinski definition) is 3. The van der Waals surface area contributed by atoms with Gasteiger partial charge < -0.3 is 13.9 Å². The van der Waals surface area contributed by atoms with Gasteiger partial charge in [0.25, 0.3) is 0 Å². The van der Waals surface area contributed by atoms with Crippen molar-refractivity contribution in [2.45, 2.75) is 38.9 Å². The Morgan fingerprint density at radius 3 is 2.21 bits per heavy atom. The van der Waals surface area contributed by atoms with Crippen LogP contribution in [0.3, 0.4) is 0 Å². The molecule has 0 bridgehead atoms. The minimum Gasteiger partial charge on any atom is -0.544 e. The lowest BCUT2D eigenvalue weighted by Crippen LogP contribution is -2.39. The monoisotopic (exact) mass is 340 g/mol. The molecule has 1 heterocycles. The summed E-state index contributed by atoms with van der Waals surface area (Å²) in [5.41, 5.74) is 1.70. The average molecular weight is 340 g/mol. The molecular weight excluding hydrogens is 316 g/mol. The maximum atomic E-state index is 9.55. The summed E-state index contributed by atoms with van der Waals surface area (Å²) in [4.78, 5) is 0. The molecule has 0 fully saturated rings. The molecule has 1 N–H and O–H groups in total. The van der Waals surface area contributed by atoms with Gasteiger partial charge in [0.15, 0.2) is 0 Å². The van der Waals surface area contributed by atoms with Crippen molar-refractivity contribution in [3.8, 4) is 22.8 Å². The van der Waals surface area contributed by atoms with Gasteiger partial charge in [-0.2, -0.15) is 0 Å². The summed E-state index contributed by atoms with van der Waals surface area (Å²) in [7, 11) is -1.64. The van der Waals surface area contributed by atoms with Crippen molar-refractivity contribution >= 4 is 19.3 Å². The topological polar surface area (TPSA) is 42.6 Å². The number of phenolic OH excluding ortho intramolecular Hbond substituents is 1. The van der Waals surface area contributed by atoms with Crippen molar-refractivity contribution in [3.05, 3.63) is 48.5 Å². The predicted octanol–water partition coefficient (Wildman–Crippen LogP) is 6.19. The molecule has 126 valence electrons. The zero-order chi connectivity index (χ0) is 17.2. The second-order valence-electron chi connectivity index (χ2n) is 6.20. The highest BCUT2D eigenvalue weighted by atomic mass is 28.4. The number of hydrogen-bond donors (Lipinski definition) is 1. The molecule has 0 atom stereocenters. The number of benzene rings is 2. The second kappa shape index (κ2) is 6.73. The Morgan fingerprint density at radius 2 is 1.58 bits per heavy atom. The van der Waals surface area contributed by atoms with Crippen molar-refractivity contribution in [2.24, 2.45) is 0 Å². The fourth-order valence-corrected chi connectivity index (χ4v) is 5.63. The largest absolute Gasteiger partial charge is 0.544 e. The molecule has 2 aromatic carbocycles. The van der Waals surface area contributed by atoms with Crippen LogP contribution >= 0.6 is 0 Å². The number of phenols is 1. The molecule has 0 saturated heterocycles. The van der Waals surface area contributed by atoms with Gasteiger partial charge in [0.05, 0.1) is 0 Å². The second-order valence-corrected chi connectivity index (χ2v) is 10.9. The normalized spacial score (nSPS) is 11.8. The van der Waals surface area contributed by atoms with Crippen LogP contribution in [0.5, 0.6) is 11.5 Å². The highest BCUT2D eigenvalue weighted by molar-refractivity contribution is 6.74. The molecule has 0 aliphatic carbocycles. The minimum absolute atomic E-state index is 0.215. The lowest BCUT2D eigenvalue weighted by molar-refractivity contribution is 0.474. The average Bonchev–Trinajstić information content (AvgIpc) is 3.03. The first-order chi connectivity index (χ1) is 11.6. The van der Waals surface area contributed by atoms with Crippen LogP contribution in [0.4, 0.5) is 0 Å². The van der Waals surface area contributed by atoms with Gasteiger partial charge in [0, 0.05) is 17.0 Å². The van der Waals surface area contributed by atoms with Crippen LogP contribution in [0.2, 0.25) is 18.1 Å². The van der Waals surface area contributed by atoms with E-state index in [1.165, 1.54) is 0 Å². The highest BCUT2D eigenvalue weighted by Gasteiger charge is 2.30. The van der Waals surface area contributed by atoms with Crippen molar-refractivity contribution in [3.63, 3.8) is 0 Å². The Morgan fingerprint density at radius 1 is 0.917 bits per heavy atom. The zero-order valence-corrected chi connectivity index (χ0v) is 15.5. The molecule has 3 rings (SSSR count). The van der Waals surface area contributed by atoms with E-state index < -0.39 is 8.32 Å². The van der Waals surface area contributed by atoms with Gasteiger partial charge in [-0.05, 0) is 60.6 Å². The standard InChI is InChI=1S/C20H24O3Si/c1-4-24(5-2,6-3)23-18-11-8-15(9-12-18)19-13-16-7-10-17(21)14-20(16)22-19/h7-14,21H,4-6H2,1-3H3. The van der Waals surface area contributed by atoms with E-state index in [1.54, 1.807) is 12.1 Å². The molecule has 0 aliphatic rings. The van der Waals surface area contributed by atoms with Gasteiger partial charge in [0.1, 0.15) is 22.8 Å². The van der Waals surface area contributed by atoms with E-state index >= 15 is 0 Å². The summed E-state index contributed by atoms with van der Waals surface area (Å²) in [6.45, 7) is 6.70. The Bertz CT molecular complexity index is 808. The first-order valence-corrected chi connectivity index (χ1v) is 11.1. The van der Waals surface area contributed by atoms with Gasteiger partial charge in [-0.3, -0.25) is 0 Å². The Hall–Kier alpha value is -2.20. The molecule has 1 aromatic heterocycles. The van der Waals surface area contributed by atoms with E-state index in [1.807, 2.05) is 36.4 Å². The van der Waals surface area contributed by atoms with E-state index in [-0.39, 0.29) is 5.75 Å². The SMILES string of the molecule is CC[Si](CC)(CC)Oc1ccc(-c2cc3ccc(O)cc3o2)cc1. The molecule has 0 unspecified atom stereocenters. The number of aromatic hydroxyl groups is 1. The molecular formula is C20H24O3Si. The molecule has 0 spiro atoms. The summed E-state index contributed by atoms with van der Waals surface area (Å²) in [6, 6.07) is 18.7.